The van der Waals surface area contributed by atoms with Crippen LogP contribution in [0.4, 0.5) is 0 Å². The van der Waals surface area contributed by atoms with Gasteiger partial charge in [0.2, 0.25) is 10.0 Å². The summed E-state index contributed by atoms with van der Waals surface area (Å²) in [6.45, 7) is 0.944. The smallest absolute Gasteiger partial charge is 0.268 e. The number of sulfonamides is 1. The van der Waals surface area contributed by atoms with E-state index >= 15 is 0 Å². The zero-order valence-electron chi connectivity index (χ0n) is 15.8. The molecule has 10 heteroatoms. The first-order chi connectivity index (χ1) is 14.3. The van der Waals surface area contributed by atoms with Gasteiger partial charge in [0.05, 0.1) is 14.9 Å². The van der Waals surface area contributed by atoms with Gasteiger partial charge in [-0.2, -0.15) is 4.31 Å². The lowest BCUT2D eigenvalue weighted by Gasteiger charge is -2.16. The second-order valence-corrected chi connectivity index (χ2v) is 9.34. The third kappa shape index (κ3) is 5.40. The quantitative estimate of drug-likeness (QED) is 0.520. The molecule has 0 saturated carbocycles. The Balaban J connectivity index is 1.61. The Labute approximate surface area is 184 Å². The fourth-order valence-electron chi connectivity index (χ4n) is 2.90. The lowest BCUT2D eigenvalue weighted by atomic mass is 10.2. The number of nitrogens with one attached hydrogen (secondary N) is 2. The number of carbonyl (C=O) groups is 2. The van der Waals surface area contributed by atoms with Crippen LogP contribution >= 0.6 is 23.2 Å². The summed E-state index contributed by atoms with van der Waals surface area (Å²) in [5.41, 5.74) is 5.28. The van der Waals surface area contributed by atoms with Crippen LogP contribution in [-0.4, -0.2) is 37.6 Å². The molecule has 158 valence electrons. The standard InChI is InChI=1S/C20H19Cl2N3O4S/c21-17-8-6-14(12-18(17)22)7-9-19(26)23-24-20(27)15-4-3-5-16(13-15)30(28,29)25-10-1-2-11-25/h3-9,12-13H,1-2,10-11H2,(H,23,26)(H,24,27)/b9-7+. The van der Waals surface area contributed by atoms with Crippen LogP contribution in [0.1, 0.15) is 28.8 Å². The van der Waals surface area contributed by atoms with E-state index in [9.17, 15) is 18.0 Å². The molecule has 0 aromatic heterocycles. The Morgan fingerprint density at radius 3 is 2.40 bits per heavy atom. The Hall–Kier alpha value is -2.39. The molecule has 2 aromatic rings. The lowest BCUT2D eigenvalue weighted by Crippen LogP contribution is -2.40. The van der Waals surface area contributed by atoms with Crippen LogP contribution < -0.4 is 10.9 Å². The average Bonchev–Trinajstić information content (AvgIpc) is 3.29. The second kappa shape index (κ2) is 9.61. The maximum atomic E-state index is 12.6. The number of rotatable bonds is 5. The average molecular weight is 468 g/mol. The van der Waals surface area contributed by atoms with E-state index in [1.807, 2.05) is 0 Å². The highest BCUT2D eigenvalue weighted by Crippen LogP contribution is 2.23. The molecule has 0 unspecified atom stereocenters. The maximum absolute atomic E-state index is 12.6. The van der Waals surface area contributed by atoms with Crippen LogP contribution in [0, 0.1) is 0 Å². The van der Waals surface area contributed by atoms with Crippen molar-refractivity contribution in [3.63, 3.8) is 0 Å². The van der Waals surface area contributed by atoms with Gasteiger partial charge in [0.15, 0.2) is 0 Å². The van der Waals surface area contributed by atoms with Gasteiger partial charge in [-0.25, -0.2) is 8.42 Å². The van der Waals surface area contributed by atoms with Gasteiger partial charge in [0.25, 0.3) is 11.8 Å². The van der Waals surface area contributed by atoms with E-state index in [-0.39, 0.29) is 10.5 Å². The molecule has 0 aliphatic carbocycles. The molecule has 0 radical (unpaired) electrons. The SMILES string of the molecule is O=C(/C=C/c1ccc(Cl)c(Cl)c1)NNC(=O)c1cccc(S(=O)(=O)N2CCCC2)c1. The van der Waals surface area contributed by atoms with Crippen LogP contribution in [0.2, 0.25) is 10.0 Å². The largest absolute Gasteiger partial charge is 0.269 e. The molecule has 1 fully saturated rings. The number of hydrogen-bond acceptors (Lipinski definition) is 4. The number of nitrogens with zero attached hydrogens (tertiary/aromatic N) is 1. The van der Waals surface area contributed by atoms with E-state index in [2.05, 4.69) is 10.9 Å². The number of halogens is 2. The van der Waals surface area contributed by atoms with Gasteiger partial charge in [0.1, 0.15) is 0 Å². The number of hydrogen-bond donors (Lipinski definition) is 2. The number of hydrazine groups is 1. The molecule has 1 heterocycles. The lowest BCUT2D eigenvalue weighted by molar-refractivity contribution is -0.117. The molecule has 30 heavy (non-hydrogen) atoms. The minimum atomic E-state index is -3.64. The van der Waals surface area contributed by atoms with Crippen LogP contribution in [0.25, 0.3) is 6.08 Å². The van der Waals surface area contributed by atoms with Crippen molar-refractivity contribution in [2.45, 2.75) is 17.7 Å². The zero-order valence-corrected chi connectivity index (χ0v) is 18.1. The minimum Gasteiger partial charge on any atom is -0.268 e. The third-order valence-electron chi connectivity index (χ3n) is 4.47. The molecule has 0 atom stereocenters. The normalized spacial score (nSPS) is 14.7. The molecular formula is C20H19Cl2N3O4S. The van der Waals surface area contributed by atoms with Crippen molar-refractivity contribution in [3.05, 3.63) is 69.7 Å². The van der Waals surface area contributed by atoms with Crippen LogP contribution in [0.15, 0.2) is 53.4 Å². The van der Waals surface area contributed by atoms with Crippen LogP contribution in [0.3, 0.4) is 0 Å². The Morgan fingerprint density at radius 2 is 1.70 bits per heavy atom. The van der Waals surface area contributed by atoms with Crippen molar-refractivity contribution in [2.24, 2.45) is 0 Å². The van der Waals surface area contributed by atoms with Crippen molar-refractivity contribution in [1.29, 1.82) is 0 Å². The van der Waals surface area contributed by atoms with Gasteiger partial charge < -0.3 is 0 Å². The van der Waals surface area contributed by atoms with Gasteiger partial charge >= 0.3 is 0 Å². The van der Waals surface area contributed by atoms with Gasteiger partial charge in [-0.05, 0) is 54.8 Å². The second-order valence-electron chi connectivity index (χ2n) is 6.59. The van der Waals surface area contributed by atoms with Crippen molar-refractivity contribution in [1.82, 2.24) is 15.2 Å². The van der Waals surface area contributed by atoms with E-state index in [1.165, 1.54) is 40.7 Å². The monoisotopic (exact) mass is 467 g/mol. The molecule has 0 bridgehead atoms. The van der Waals surface area contributed by atoms with E-state index < -0.39 is 21.8 Å². The highest BCUT2D eigenvalue weighted by molar-refractivity contribution is 7.89. The Morgan fingerprint density at radius 1 is 0.967 bits per heavy atom. The molecule has 3 rings (SSSR count). The topological polar surface area (TPSA) is 95.6 Å². The summed E-state index contributed by atoms with van der Waals surface area (Å²) in [4.78, 5) is 24.3. The summed E-state index contributed by atoms with van der Waals surface area (Å²) < 4.78 is 26.7. The first kappa shape index (κ1) is 22.3. The summed E-state index contributed by atoms with van der Waals surface area (Å²) in [6, 6.07) is 10.6. The first-order valence-electron chi connectivity index (χ1n) is 9.11. The van der Waals surface area contributed by atoms with E-state index in [0.717, 1.165) is 12.8 Å². The van der Waals surface area contributed by atoms with Gasteiger partial charge in [0, 0.05) is 24.7 Å². The summed E-state index contributed by atoms with van der Waals surface area (Å²) in [5.74, 6) is -1.21. The third-order valence-corrected chi connectivity index (χ3v) is 7.10. The fraction of sp³-hybridized carbons (Fsp3) is 0.200. The van der Waals surface area contributed by atoms with Crippen LogP contribution in [-0.2, 0) is 14.8 Å². The van der Waals surface area contributed by atoms with Gasteiger partial charge in [-0.15, -0.1) is 0 Å². The molecule has 7 nitrogen and oxygen atoms in total. The molecule has 1 aliphatic heterocycles. The predicted octanol–water partition coefficient (Wildman–Crippen LogP) is 3.25. The zero-order chi connectivity index (χ0) is 21.7. The van der Waals surface area contributed by atoms with E-state index in [4.69, 9.17) is 23.2 Å². The van der Waals surface area contributed by atoms with Crippen LogP contribution in [0.5, 0.6) is 0 Å². The van der Waals surface area contributed by atoms with Crippen molar-refractivity contribution < 1.29 is 18.0 Å². The fourth-order valence-corrected chi connectivity index (χ4v) is 4.77. The van der Waals surface area contributed by atoms with Crippen molar-refractivity contribution in [2.75, 3.05) is 13.1 Å². The minimum absolute atomic E-state index is 0.0443. The molecule has 0 spiro atoms. The molecule has 2 N–H and O–H groups in total. The summed E-state index contributed by atoms with van der Waals surface area (Å²) in [6.07, 6.45) is 4.36. The maximum Gasteiger partial charge on any atom is 0.269 e. The molecule has 2 amide bonds. The summed E-state index contributed by atoms with van der Waals surface area (Å²) in [7, 11) is -3.64. The predicted molar refractivity (Wildman–Crippen MR) is 116 cm³/mol. The highest BCUT2D eigenvalue weighted by Gasteiger charge is 2.27. The van der Waals surface area contributed by atoms with Gasteiger partial charge in [-0.1, -0.05) is 35.3 Å². The molecule has 2 aromatic carbocycles. The first-order valence-corrected chi connectivity index (χ1v) is 11.3. The Kier molecular flexibility index (Phi) is 7.14. The molecular weight excluding hydrogens is 449 g/mol. The number of carbonyl (C=O) groups excluding carboxylic acids is 2. The van der Waals surface area contributed by atoms with Crippen molar-refractivity contribution >= 4 is 51.1 Å². The van der Waals surface area contributed by atoms with E-state index in [0.29, 0.717) is 28.7 Å². The van der Waals surface area contributed by atoms with Crippen molar-refractivity contribution in [3.8, 4) is 0 Å². The molecule has 1 saturated heterocycles. The molecule has 1 aliphatic rings. The number of amides is 2. The summed E-state index contributed by atoms with van der Waals surface area (Å²) >= 11 is 11.8. The summed E-state index contributed by atoms with van der Waals surface area (Å²) in [5, 5.41) is 0.760. The highest BCUT2D eigenvalue weighted by atomic mass is 35.5. The van der Waals surface area contributed by atoms with E-state index in [1.54, 1.807) is 18.2 Å². The number of benzene rings is 2. The Bertz CT molecular complexity index is 1100. The van der Waals surface area contributed by atoms with Gasteiger partial charge in [-0.3, -0.25) is 20.4 Å².